The largest absolute Gasteiger partial charge is 0.508 e. The van der Waals surface area contributed by atoms with Crippen molar-refractivity contribution in [3.8, 4) is 33.4 Å². The van der Waals surface area contributed by atoms with Crippen molar-refractivity contribution in [1.29, 1.82) is 0 Å². The second-order valence-electron chi connectivity index (χ2n) is 9.37. The first-order valence-corrected chi connectivity index (χ1v) is 13.5. The van der Waals surface area contributed by atoms with Crippen LogP contribution in [0.3, 0.4) is 0 Å². The fourth-order valence-corrected chi connectivity index (χ4v) is 6.02. The molecule has 1 aliphatic heterocycles. The molecular weight excluding hydrogens is 538 g/mol. The first-order valence-electron chi connectivity index (χ1n) is 12.7. The number of aromatic hydroxyl groups is 2. The van der Waals surface area contributed by atoms with Crippen molar-refractivity contribution in [2.75, 3.05) is 26.2 Å². The Kier molecular flexibility index (Phi) is 9.12. The number of esters is 1. The minimum atomic E-state index is -0.506. The number of nitrogens with zero attached hydrogens (tertiary/aromatic N) is 1. The van der Waals surface area contributed by atoms with Gasteiger partial charge in [-0.3, -0.25) is 14.5 Å². The molecule has 1 fully saturated rings. The zero-order valence-corrected chi connectivity index (χ0v) is 23.1. The van der Waals surface area contributed by atoms with Crippen LogP contribution in [-0.2, 0) is 4.79 Å². The first kappa shape index (κ1) is 28.4. The van der Waals surface area contributed by atoms with Crippen LogP contribution in [0.15, 0.2) is 60.7 Å². The third-order valence-electron chi connectivity index (χ3n) is 6.60. The molecule has 1 saturated heterocycles. The van der Waals surface area contributed by atoms with Gasteiger partial charge in [-0.2, -0.15) is 0 Å². The standard InChI is InChI=1S/C30H29NO6S.ClH/c1-19(32)37-24-17-25(34)27-26(18-24)38-30(21-5-9-22(33)10-6-21)28(27)29(35)20-7-11-23(12-8-20)36-16-15-31-13-3-2-4-14-31;/h5-12,17-18,33-34H,2-4,13-16H2,1H3;1H. The number of rotatable bonds is 8. The van der Waals surface area contributed by atoms with E-state index in [1.807, 2.05) is 0 Å². The van der Waals surface area contributed by atoms with Crippen molar-refractivity contribution in [2.24, 2.45) is 0 Å². The first-order chi connectivity index (χ1) is 18.4. The summed E-state index contributed by atoms with van der Waals surface area (Å²) in [5, 5.41) is 21.0. The van der Waals surface area contributed by atoms with Crippen LogP contribution in [0.1, 0.15) is 42.1 Å². The van der Waals surface area contributed by atoms with Crippen LogP contribution in [0.4, 0.5) is 0 Å². The van der Waals surface area contributed by atoms with Crippen LogP contribution in [0.2, 0.25) is 0 Å². The van der Waals surface area contributed by atoms with Crippen molar-refractivity contribution in [1.82, 2.24) is 4.90 Å². The number of carbonyl (C=O) groups excluding carboxylic acids is 2. The van der Waals surface area contributed by atoms with Crippen molar-refractivity contribution >= 4 is 45.6 Å². The quantitative estimate of drug-likeness (QED) is 0.144. The van der Waals surface area contributed by atoms with Gasteiger partial charge < -0.3 is 19.7 Å². The van der Waals surface area contributed by atoms with Gasteiger partial charge in [0.2, 0.25) is 0 Å². The van der Waals surface area contributed by atoms with E-state index >= 15 is 0 Å². The van der Waals surface area contributed by atoms with E-state index in [-0.39, 0.29) is 35.4 Å². The van der Waals surface area contributed by atoms with E-state index in [9.17, 15) is 19.8 Å². The monoisotopic (exact) mass is 567 g/mol. The number of hydrogen-bond acceptors (Lipinski definition) is 8. The second-order valence-corrected chi connectivity index (χ2v) is 10.4. The van der Waals surface area contributed by atoms with Crippen LogP contribution in [-0.4, -0.2) is 53.1 Å². The molecule has 4 aromatic rings. The number of benzene rings is 3. The highest BCUT2D eigenvalue weighted by atomic mass is 35.5. The molecule has 0 spiro atoms. The van der Waals surface area contributed by atoms with Gasteiger partial charge in [0.1, 0.15) is 29.6 Å². The van der Waals surface area contributed by atoms with Crippen LogP contribution >= 0.6 is 23.7 Å². The van der Waals surface area contributed by atoms with Gasteiger partial charge in [0.05, 0.1) is 5.56 Å². The summed E-state index contributed by atoms with van der Waals surface area (Å²) < 4.78 is 11.7. The van der Waals surface area contributed by atoms with E-state index in [1.165, 1.54) is 43.6 Å². The number of halogens is 1. The van der Waals surface area contributed by atoms with Gasteiger partial charge in [0, 0.05) is 40.1 Å². The molecule has 0 unspecified atom stereocenters. The number of likely N-dealkylation sites (tertiary alicyclic amines) is 1. The molecule has 1 aromatic heterocycles. The van der Waals surface area contributed by atoms with E-state index in [1.54, 1.807) is 54.6 Å². The normalized spacial score (nSPS) is 13.6. The Morgan fingerprint density at radius 2 is 1.62 bits per heavy atom. The number of ketones is 1. The maximum Gasteiger partial charge on any atom is 0.308 e. The molecule has 1 aliphatic rings. The summed E-state index contributed by atoms with van der Waals surface area (Å²) in [6, 6.07) is 16.6. The zero-order chi connectivity index (χ0) is 26.6. The molecule has 9 heteroatoms. The summed E-state index contributed by atoms with van der Waals surface area (Å²) >= 11 is 1.31. The third kappa shape index (κ3) is 6.53. The van der Waals surface area contributed by atoms with Crippen LogP contribution in [0.5, 0.6) is 23.0 Å². The predicted molar refractivity (Wildman–Crippen MR) is 155 cm³/mol. The van der Waals surface area contributed by atoms with Gasteiger partial charge in [-0.25, -0.2) is 0 Å². The molecule has 7 nitrogen and oxygen atoms in total. The van der Waals surface area contributed by atoms with Gasteiger partial charge in [0.15, 0.2) is 5.78 Å². The maximum absolute atomic E-state index is 13.8. The fraction of sp³-hybridized carbons (Fsp3) is 0.267. The molecule has 2 heterocycles. The lowest BCUT2D eigenvalue weighted by Gasteiger charge is -2.26. The van der Waals surface area contributed by atoms with Gasteiger partial charge in [-0.05, 0) is 86.1 Å². The lowest BCUT2D eigenvalue weighted by Crippen LogP contribution is -2.33. The minimum absolute atomic E-state index is 0. The van der Waals surface area contributed by atoms with Crippen LogP contribution < -0.4 is 9.47 Å². The molecule has 3 aromatic carbocycles. The fourth-order valence-electron chi connectivity index (χ4n) is 4.76. The van der Waals surface area contributed by atoms with Crippen LogP contribution in [0, 0.1) is 0 Å². The molecule has 39 heavy (non-hydrogen) atoms. The topological polar surface area (TPSA) is 96.3 Å². The molecule has 0 radical (unpaired) electrons. The molecule has 0 amide bonds. The lowest BCUT2D eigenvalue weighted by molar-refractivity contribution is -0.131. The van der Waals surface area contributed by atoms with E-state index in [0.717, 1.165) is 25.2 Å². The zero-order valence-electron chi connectivity index (χ0n) is 21.5. The molecule has 2 N–H and O–H groups in total. The summed E-state index contributed by atoms with van der Waals surface area (Å²) in [5.41, 5.74) is 1.52. The highest BCUT2D eigenvalue weighted by Gasteiger charge is 2.25. The smallest absolute Gasteiger partial charge is 0.308 e. The molecule has 0 aliphatic carbocycles. The predicted octanol–water partition coefficient (Wildman–Crippen LogP) is 6.42. The van der Waals surface area contributed by atoms with Gasteiger partial charge in [0.25, 0.3) is 0 Å². The lowest BCUT2D eigenvalue weighted by atomic mass is 9.97. The van der Waals surface area contributed by atoms with E-state index < -0.39 is 5.97 Å². The maximum atomic E-state index is 13.8. The number of hydrogen-bond donors (Lipinski definition) is 2. The molecule has 0 saturated carbocycles. The van der Waals surface area contributed by atoms with Crippen molar-refractivity contribution in [3.63, 3.8) is 0 Å². The van der Waals surface area contributed by atoms with E-state index in [2.05, 4.69) is 4.90 Å². The second kappa shape index (κ2) is 12.5. The number of phenols is 2. The molecule has 0 bridgehead atoms. The summed E-state index contributed by atoms with van der Waals surface area (Å²) in [4.78, 5) is 28.4. The Balaban J connectivity index is 0.00000353. The Labute approximate surface area is 237 Å². The SMILES string of the molecule is CC(=O)Oc1cc(O)c2c(C(=O)c3ccc(OCCN4CCCCC4)cc3)c(-c3ccc(O)cc3)sc2c1.Cl. The number of phenolic OH excluding ortho intramolecular Hbond substituents is 2. The van der Waals surface area contributed by atoms with Crippen molar-refractivity contribution in [3.05, 3.63) is 71.8 Å². The van der Waals surface area contributed by atoms with Crippen molar-refractivity contribution < 1.29 is 29.3 Å². The average molecular weight is 568 g/mol. The van der Waals surface area contributed by atoms with Crippen molar-refractivity contribution in [2.45, 2.75) is 26.2 Å². The summed E-state index contributed by atoms with van der Waals surface area (Å²) in [7, 11) is 0. The highest BCUT2D eigenvalue weighted by molar-refractivity contribution is 7.23. The molecule has 204 valence electrons. The van der Waals surface area contributed by atoms with E-state index in [0.29, 0.717) is 38.4 Å². The van der Waals surface area contributed by atoms with Gasteiger partial charge >= 0.3 is 5.97 Å². The molecule has 5 rings (SSSR count). The third-order valence-corrected chi connectivity index (χ3v) is 7.79. The highest BCUT2D eigenvalue weighted by Crippen LogP contribution is 2.45. The van der Waals surface area contributed by atoms with Gasteiger partial charge in [-0.15, -0.1) is 23.7 Å². The Morgan fingerprint density at radius 3 is 2.28 bits per heavy atom. The van der Waals surface area contributed by atoms with Crippen LogP contribution in [0.25, 0.3) is 20.5 Å². The molecule has 0 atom stereocenters. The minimum Gasteiger partial charge on any atom is -0.508 e. The van der Waals surface area contributed by atoms with Gasteiger partial charge in [-0.1, -0.05) is 6.42 Å². The summed E-state index contributed by atoms with van der Waals surface area (Å²) in [6.07, 6.45) is 3.77. The Hall–Kier alpha value is -3.59. The molecular formula is C30H30ClNO6S. The Morgan fingerprint density at radius 1 is 0.923 bits per heavy atom. The number of carbonyl (C=O) groups is 2. The number of thiophene rings is 1. The number of fused-ring (bicyclic) bond motifs is 1. The number of piperidine rings is 1. The number of ether oxygens (including phenoxy) is 2. The average Bonchev–Trinajstić information content (AvgIpc) is 3.29. The Bertz CT molecular complexity index is 1460. The summed E-state index contributed by atoms with van der Waals surface area (Å²) in [6.45, 7) is 4.99. The van der Waals surface area contributed by atoms with E-state index in [4.69, 9.17) is 9.47 Å². The summed E-state index contributed by atoms with van der Waals surface area (Å²) in [5.74, 6) is 0.0930.